The minimum absolute atomic E-state index is 0.255. The van der Waals surface area contributed by atoms with E-state index in [4.69, 9.17) is 4.74 Å². The first-order chi connectivity index (χ1) is 6.79. The lowest BCUT2D eigenvalue weighted by molar-refractivity contribution is 0.164. The van der Waals surface area contributed by atoms with Crippen molar-refractivity contribution in [2.75, 3.05) is 25.1 Å². The molecule has 0 spiro atoms. The summed E-state index contributed by atoms with van der Waals surface area (Å²) in [6.45, 7) is 4.85. The quantitative estimate of drug-likeness (QED) is 0.786. The van der Waals surface area contributed by atoms with Crippen LogP contribution in [0, 0.1) is 5.41 Å². The molecule has 1 saturated heterocycles. The zero-order valence-electron chi connectivity index (χ0n) is 8.36. The number of aromatic nitrogens is 2. The first-order valence-corrected chi connectivity index (χ1v) is 4.86. The van der Waals surface area contributed by atoms with Crippen LogP contribution < -0.4 is 5.32 Å². The van der Waals surface area contributed by atoms with Crippen molar-refractivity contribution in [3.05, 3.63) is 18.6 Å². The summed E-state index contributed by atoms with van der Waals surface area (Å²) < 4.78 is 5.38. The van der Waals surface area contributed by atoms with Crippen molar-refractivity contribution < 1.29 is 4.74 Å². The van der Waals surface area contributed by atoms with E-state index in [9.17, 15) is 0 Å². The smallest absolute Gasteiger partial charge is 0.129 e. The molecule has 76 valence electrons. The lowest BCUT2D eigenvalue weighted by Gasteiger charge is -2.21. The van der Waals surface area contributed by atoms with Gasteiger partial charge in [-0.15, -0.1) is 0 Å². The van der Waals surface area contributed by atoms with E-state index >= 15 is 0 Å². The van der Waals surface area contributed by atoms with Crippen LogP contribution in [-0.4, -0.2) is 29.7 Å². The Morgan fingerprint density at radius 1 is 1.64 bits per heavy atom. The normalized spacial score (nSPS) is 26.4. The molecule has 1 atom stereocenters. The average molecular weight is 193 g/mol. The summed E-state index contributed by atoms with van der Waals surface area (Å²) in [4.78, 5) is 7.97. The van der Waals surface area contributed by atoms with Gasteiger partial charge in [-0.2, -0.15) is 0 Å². The van der Waals surface area contributed by atoms with Gasteiger partial charge in [-0.1, -0.05) is 6.92 Å². The Labute approximate surface area is 83.7 Å². The molecule has 0 bridgehead atoms. The predicted molar refractivity (Wildman–Crippen MR) is 54.1 cm³/mol. The summed E-state index contributed by atoms with van der Waals surface area (Å²) >= 11 is 0. The van der Waals surface area contributed by atoms with Gasteiger partial charge in [-0.05, 0) is 12.5 Å². The Balaban J connectivity index is 1.88. The molecule has 4 nitrogen and oxygen atoms in total. The molecule has 14 heavy (non-hydrogen) atoms. The van der Waals surface area contributed by atoms with Crippen LogP contribution in [0.1, 0.15) is 13.3 Å². The van der Waals surface area contributed by atoms with Gasteiger partial charge in [0.25, 0.3) is 0 Å². The molecule has 4 heteroatoms. The monoisotopic (exact) mass is 193 g/mol. The molecule has 1 fully saturated rings. The Kier molecular flexibility index (Phi) is 2.63. The van der Waals surface area contributed by atoms with Crippen LogP contribution in [0.4, 0.5) is 5.82 Å². The SMILES string of the molecule is CC1(CNc2ccncn2)CCOC1. The maximum atomic E-state index is 5.38. The molecule has 1 N–H and O–H groups in total. The maximum Gasteiger partial charge on any atom is 0.129 e. The first-order valence-electron chi connectivity index (χ1n) is 4.86. The van der Waals surface area contributed by atoms with Crippen LogP contribution in [-0.2, 0) is 4.74 Å². The Morgan fingerprint density at radius 3 is 3.21 bits per heavy atom. The largest absolute Gasteiger partial charge is 0.381 e. The minimum atomic E-state index is 0.255. The third-order valence-electron chi connectivity index (χ3n) is 2.58. The van der Waals surface area contributed by atoms with E-state index in [-0.39, 0.29) is 5.41 Å². The fourth-order valence-electron chi connectivity index (χ4n) is 1.55. The summed E-state index contributed by atoms with van der Waals surface area (Å²) in [7, 11) is 0. The number of hydrogen-bond acceptors (Lipinski definition) is 4. The van der Waals surface area contributed by atoms with E-state index in [1.165, 1.54) is 0 Å². The molecule has 1 aliphatic rings. The Bertz CT molecular complexity index is 283. The average Bonchev–Trinajstić information content (AvgIpc) is 2.65. The molecule has 2 heterocycles. The minimum Gasteiger partial charge on any atom is -0.381 e. The number of ether oxygens (including phenoxy) is 1. The second kappa shape index (κ2) is 3.92. The van der Waals surface area contributed by atoms with Crippen LogP contribution in [0.25, 0.3) is 0 Å². The van der Waals surface area contributed by atoms with Gasteiger partial charge in [0.15, 0.2) is 0 Å². The van der Waals surface area contributed by atoms with Gasteiger partial charge in [0.05, 0.1) is 6.61 Å². The summed E-state index contributed by atoms with van der Waals surface area (Å²) in [5.74, 6) is 0.883. The van der Waals surface area contributed by atoms with Crippen molar-refractivity contribution >= 4 is 5.82 Å². The first kappa shape index (κ1) is 9.40. The number of rotatable bonds is 3. The molecule has 0 aliphatic carbocycles. The molecule has 1 aromatic heterocycles. The lowest BCUT2D eigenvalue weighted by Crippen LogP contribution is -2.26. The molecular formula is C10H15N3O. The van der Waals surface area contributed by atoms with E-state index in [0.717, 1.165) is 32.0 Å². The number of hydrogen-bond donors (Lipinski definition) is 1. The molecule has 2 rings (SSSR count). The standard InChI is InChI=1S/C10H15N3O/c1-10(3-5-14-7-10)6-12-9-2-4-11-8-13-9/h2,4,8H,3,5-7H2,1H3,(H,11,12,13). The molecule has 0 aromatic carbocycles. The van der Waals surface area contributed by atoms with Crippen molar-refractivity contribution in [1.29, 1.82) is 0 Å². The van der Waals surface area contributed by atoms with E-state index in [2.05, 4.69) is 22.2 Å². The summed E-state index contributed by atoms with van der Waals surface area (Å²) in [5, 5.41) is 3.30. The van der Waals surface area contributed by atoms with Crippen LogP contribution in [0.5, 0.6) is 0 Å². The van der Waals surface area contributed by atoms with Crippen LogP contribution in [0.2, 0.25) is 0 Å². The molecule has 1 aromatic rings. The van der Waals surface area contributed by atoms with Gasteiger partial charge < -0.3 is 10.1 Å². The van der Waals surface area contributed by atoms with Crippen molar-refractivity contribution in [2.24, 2.45) is 5.41 Å². The van der Waals surface area contributed by atoms with E-state index in [1.807, 2.05) is 6.07 Å². The highest BCUT2D eigenvalue weighted by atomic mass is 16.5. The van der Waals surface area contributed by atoms with E-state index < -0.39 is 0 Å². The number of nitrogens with zero attached hydrogens (tertiary/aromatic N) is 2. The molecule has 0 amide bonds. The lowest BCUT2D eigenvalue weighted by atomic mass is 9.90. The third-order valence-corrected chi connectivity index (χ3v) is 2.58. The summed E-state index contributed by atoms with van der Waals surface area (Å²) in [6, 6.07) is 1.87. The topological polar surface area (TPSA) is 47.0 Å². The van der Waals surface area contributed by atoms with Crippen LogP contribution >= 0.6 is 0 Å². The van der Waals surface area contributed by atoms with Crippen molar-refractivity contribution in [2.45, 2.75) is 13.3 Å². The Morgan fingerprint density at radius 2 is 2.57 bits per heavy atom. The second-order valence-electron chi connectivity index (χ2n) is 4.06. The van der Waals surface area contributed by atoms with Gasteiger partial charge in [0.1, 0.15) is 12.1 Å². The molecule has 1 aliphatic heterocycles. The van der Waals surface area contributed by atoms with Crippen molar-refractivity contribution in [1.82, 2.24) is 9.97 Å². The third kappa shape index (κ3) is 2.20. The van der Waals surface area contributed by atoms with Crippen LogP contribution in [0.3, 0.4) is 0 Å². The number of anilines is 1. The zero-order chi connectivity index (χ0) is 9.86. The Hall–Kier alpha value is -1.16. The molecule has 1 unspecified atom stereocenters. The van der Waals surface area contributed by atoms with E-state index in [1.54, 1.807) is 12.5 Å². The second-order valence-corrected chi connectivity index (χ2v) is 4.06. The highest BCUT2D eigenvalue weighted by Crippen LogP contribution is 2.27. The van der Waals surface area contributed by atoms with Gasteiger partial charge in [-0.3, -0.25) is 0 Å². The van der Waals surface area contributed by atoms with Crippen molar-refractivity contribution in [3.63, 3.8) is 0 Å². The fourth-order valence-corrected chi connectivity index (χ4v) is 1.55. The highest BCUT2D eigenvalue weighted by molar-refractivity contribution is 5.31. The summed E-state index contributed by atoms with van der Waals surface area (Å²) in [5.41, 5.74) is 0.255. The van der Waals surface area contributed by atoms with Gasteiger partial charge in [-0.25, -0.2) is 9.97 Å². The molecule has 0 radical (unpaired) electrons. The summed E-state index contributed by atoms with van der Waals surface area (Å²) in [6.07, 6.45) is 4.41. The predicted octanol–water partition coefficient (Wildman–Crippen LogP) is 1.32. The molecule has 0 saturated carbocycles. The fraction of sp³-hybridized carbons (Fsp3) is 0.600. The maximum absolute atomic E-state index is 5.38. The van der Waals surface area contributed by atoms with Gasteiger partial charge >= 0.3 is 0 Å². The van der Waals surface area contributed by atoms with Crippen molar-refractivity contribution in [3.8, 4) is 0 Å². The number of nitrogens with one attached hydrogen (secondary N) is 1. The van der Waals surface area contributed by atoms with Crippen LogP contribution in [0.15, 0.2) is 18.6 Å². The zero-order valence-corrected chi connectivity index (χ0v) is 8.36. The van der Waals surface area contributed by atoms with Gasteiger partial charge in [0.2, 0.25) is 0 Å². The molecular weight excluding hydrogens is 178 g/mol. The van der Waals surface area contributed by atoms with E-state index in [0.29, 0.717) is 0 Å². The highest BCUT2D eigenvalue weighted by Gasteiger charge is 2.29. The van der Waals surface area contributed by atoms with Gasteiger partial charge in [0, 0.05) is 24.8 Å².